The molecule has 90 valence electrons. The van der Waals surface area contributed by atoms with Gasteiger partial charge in [0, 0.05) is 17.0 Å². The summed E-state index contributed by atoms with van der Waals surface area (Å²) in [4.78, 5) is 4.57. The maximum atomic E-state index is 5.54. The number of aromatic nitrogens is 1. The molecular weight excluding hydrogens is 282 g/mol. The summed E-state index contributed by atoms with van der Waals surface area (Å²) in [7, 11) is 1.65. The van der Waals surface area contributed by atoms with Crippen LogP contribution in [0.4, 0.5) is 5.69 Å². The minimum atomic E-state index is 0.463. The average molecular weight is 296 g/mol. The summed E-state index contributed by atoms with van der Waals surface area (Å²) in [6, 6.07) is 5.94. The Morgan fingerprint density at radius 1 is 1.47 bits per heavy atom. The van der Waals surface area contributed by atoms with E-state index in [0.29, 0.717) is 6.61 Å². The summed E-state index contributed by atoms with van der Waals surface area (Å²) in [5.74, 6) is 5.54. The van der Waals surface area contributed by atoms with Gasteiger partial charge in [0.2, 0.25) is 0 Å². The third kappa shape index (κ3) is 2.26. The van der Waals surface area contributed by atoms with E-state index in [9.17, 15) is 0 Å². The van der Waals surface area contributed by atoms with Crippen LogP contribution in [0.2, 0.25) is 0 Å². The minimum absolute atomic E-state index is 0.463. The van der Waals surface area contributed by atoms with E-state index in [1.807, 2.05) is 25.1 Å². The fraction of sp³-hybridized carbons (Fsp3) is 0.250. The number of aryl methyl sites for hydroxylation is 1. The zero-order valence-electron chi connectivity index (χ0n) is 9.75. The van der Waals surface area contributed by atoms with Crippen LogP contribution in [0.1, 0.15) is 11.3 Å². The van der Waals surface area contributed by atoms with Crippen molar-refractivity contribution >= 4 is 32.5 Å². The molecule has 0 aliphatic heterocycles. The summed E-state index contributed by atoms with van der Waals surface area (Å²) in [5, 5.41) is 0.991. The van der Waals surface area contributed by atoms with Gasteiger partial charge in [0.25, 0.3) is 0 Å². The predicted molar refractivity (Wildman–Crippen MR) is 72.7 cm³/mol. The number of nitrogen functional groups attached to an aromatic ring is 1. The van der Waals surface area contributed by atoms with Crippen LogP contribution in [0, 0.1) is 6.92 Å². The smallest absolute Gasteiger partial charge is 0.0885 e. The molecule has 1 heterocycles. The van der Waals surface area contributed by atoms with E-state index in [0.717, 1.165) is 32.3 Å². The zero-order valence-corrected chi connectivity index (χ0v) is 11.3. The van der Waals surface area contributed by atoms with Crippen molar-refractivity contribution in [1.82, 2.24) is 4.98 Å². The van der Waals surface area contributed by atoms with Gasteiger partial charge in [-0.15, -0.1) is 0 Å². The number of nitrogens with zero attached hydrogens (tertiary/aromatic N) is 1. The van der Waals surface area contributed by atoms with Gasteiger partial charge in [-0.2, -0.15) is 0 Å². The number of rotatable bonds is 3. The Labute approximate surface area is 108 Å². The van der Waals surface area contributed by atoms with Crippen LogP contribution >= 0.6 is 15.9 Å². The van der Waals surface area contributed by atoms with Crippen molar-refractivity contribution in [2.24, 2.45) is 5.84 Å². The number of nitrogens with one attached hydrogen (secondary N) is 1. The first-order chi connectivity index (χ1) is 8.17. The zero-order chi connectivity index (χ0) is 12.4. The van der Waals surface area contributed by atoms with Gasteiger partial charge >= 0.3 is 0 Å². The topological polar surface area (TPSA) is 60.2 Å². The summed E-state index contributed by atoms with van der Waals surface area (Å²) in [5.41, 5.74) is 6.43. The molecule has 2 aromatic rings. The van der Waals surface area contributed by atoms with Crippen LogP contribution in [0.15, 0.2) is 22.7 Å². The molecule has 0 radical (unpaired) electrons. The van der Waals surface area contributed by atoms with Crippen LogP contribution in [0.5, 0.6) is 0 Å². The lowest BCUT2D eigenvalue weighted by atomic mass is 10.1. The van der Waals surface area contributed by atoms with Crippen LogP contribution in [0.3, 0.4) is 0 Å². The van der Waals surface area contributed by atoms with E-state index in [-0.39, 0.29) is 0 Å². The number of ether oxygens (including phenoxy) is 1. The van der Waals surface area contributed by atoms with Gasteiger partial charge in [-0.25, -0.2) is 4.98 Å². The quantitative estimate of drug-likeness (QED) is 0.675. The molecule has 0 aliphatic rings. The second-order valence-electron chi connectivity index (χ2n) is 3.83. The maximum absolute atomic E-state index is 5.54. The Kier molecular flexibility index (Phi) is 3.61. The first-order valence-corrected chi connectivity index (χ1v) is 6.01. The van der Waals surface area contributed by atoms with Gasteiger partial charge in [0.15, 0.2) is 0 Å². The number of pyridine rings is 1. The molecule has 2 rings (SSSR count). The maximum Gasteiger partial charge on any atom is 0.0885 e. The normalized spacial score (nSPS) is 10.8. The summed E-state index contributed by atoms with van der Waals surface area (Å²) >= 11 is 3.56. The molecule has 0 saturated carbocycles. The van der Waals surface area contributed by atoms with Crippen molar-refractivity contribution in [3.05, 3.63) is 33.9 Å². The molecule has 0 atom stereocenters. The van der Waals surface area contributed by atoms with Crippen LogP contribution in [0.25, 0.3) is 10.9 Å². The largest absolute Gasteiger partial charge is 0.378 e. The highest BCUT2D eigenvalue weighted by Gasteiger charge is 2.09. The number of hydrazine groups is 1. The third-order valence-corrected chi connectivity index (χ3v) is 3.61. The molecule has 3 N–H and O–H groups in total. The molecule has 5 heteroatoms. The fourth-order valence-electron chi connectivity index (χ4n) is 1.75. The lowest BCUT2D eigenvalue weighted by Gasteiger charge is -2.11. The summed E-state index contributed by atoms with van der Waals surface area (Å²) < 4.78 is 6.09. The first kappa shape index (κ1) is 12.3. The molecule has 1 aromatic heterocycles. The van der Waals surface area contributed by atoms with E-state index in [2.05, 4.69) is 26.3 Å². The van der Waals surface area contributed by atoms with E-state index in [4.69, 9.17) is 10.6 Å². The average Bonchev–Trinajstić information content (AvgIpc) is 2.34. The van der Waals surface area contributed by atoms with Crippen molar-refractivity contribution in [2.45, 2.75) is 13.5 Å². The molecule has 17 heavy (non-hydrogen) atoms. The van der Waals surface area contributed by atoms with E-state index >= 15 is 0 Å². The van der Waals surface area contributed by atoms with E-state index < -0.39 is 0 Å². The molecule has 0 spiro atoms. The number of methoxy groups -OCH3 is 1. The first-order valence-electron chi connectivity index (χ1n) is 5.21. The number of anilines is 1. The van der Waals surface area contributed by atoms with Gasteiger partial charge in [-0.05, 0) is 34.5 Å². The predicted octanol–water partition coefficient (Wildman–Crippen LogP) is 2.74. The molecule has 0 bridgehead atoms. The Morgan fingerprint density at radius 2 is 2.24 bits per heavy atom. The molecule has 0 unspecified atom stereocenters. The highest BCUT2D eigenvalue weighted by atomic mass is 79.9. The third-order valence-electron chi connectivity index (χ3n) is 2.61. The molecule has 1 aromatic carbocycles. The highest BCUT2D eigenvalue weighted by Crippen LogP contribution is 2.30. The molecule has 0 saturated heterocycles. The van der Waals surface area contributed by atoms with Crippen molar-refractivity contribution < 1.29 is 4.74 Å². The standard InChI is InChI=1S/C12H14BrN3O/c1-7-3-4-9-10(16-14)5-8(6-17-2)15-12(9)11(7)13/h3-5H,6,14H2,1-2H3,(H,15,16). The molecule has 0 amide bonds. The van der Waals surface area contributed by atoms with Gasteiger partial charge in [-0.1, -0.05) is 12.1 Å². The van der Waals surface area contributed by atoms with Gasteiger partial charge in [-0.3, -0.25) is 5.84 Å². The molecule has 0 fully saturated rings. The van der Waals surface area contributed by atoms with E-state index in [1.165, 1.54) is 0 Å². The van der Waals surface area contributed by atoms with Crippen molar-refractivity contribution in [3.8, 4) is 0 Å². The Hall–Kier alpha value is -1.17. The molecule has 4 nitrogen and oxygen atoms in total. The number of benzene rings is 1. The van der Waals surface area contributed by atoms with Gasteiger partial charge in [0.1, 0.15) is 0 Å². The van der Waals surface area contributed by atoms with Crippen LogP contribution < -0.4 is 11.3 Å². The van der Waals surface area contributed by atoms with Gasteiger partial charge < -0.3 is 10.2 Å². The fourth-order valence-corrected chi connectivity index (χ4v) is 2.19. The number of hydrogen-bond donors (Lipinski definition) is 2. The lowest BCUT2D eigenvalue weighted by Crippen LogP contribution is -2.09. The summed E-state index contributed by atoms with van der Waals surface area (Å²) in [6.07, 6.45) is 0. The second kappa shape index (κ2) is 5.00. The Balaban J connectivity index is 2.73. The molecule has 0 aliphatic carbocycles. The van der Waals surface area contributed by atoms with Crippen molar-refractivity contribution in [3.63, 3.8) is 0 Å². The summed E-state index contributed by atoms with van der Waals surface area (Å²) in [6.45, 7) is 2.49. The number of nitrogens with two attached hydrogens (primary N) is 1. The number of hydrogen-bond acceptors (Lipinski definition) is 4. The minimum Gasteiger partial charge on any atom is -0.378 e. The number of halogens is 1. The molecular formula is C12H14BrN3O. The van der Waals surface area contributed by atoms with Crippen molar-refractivity contribution in [1.29, 1.82) is 0 Å². The Bertz CT molecular complexity index is 557. The second-order valence-corrected chi connectivity index (χ2v) is 4.62. The van der Waals surface area contributed by atoms with Crippen molar-refractivity contribution in [2.75, 3.05) is 12.5 Å². The van der Waals surface area contributed by atoms with Gasteiger partial charge in [0.05, 0.1) is 23.5 Å². The Morgan fingerprint density at radius 3 is 2.88 bits per heavy atom. The highest BCUT2D eigenvalue weighted by molar-refractivity contribution is 9.10. The lowest BCUT2D eigenvalue weighted by molar-refractivity contribution is 0.182. The number of fused-ring (bicyclic) bond motifs is 1. The monoisotopic (exact) mass is 295 g/mol. The van der Waals surface area contributed by atoms with E-state index in [1.54, 1.807) is 7.11 Å². The van der Waals surface area contributed by atoms with Crippen LogP contribution in [-0.2, 0) is 11.3 Å². The van der Waals surface area contributed by atoms with Crippen LogP contribution in [-0.4, -0.2) is 12.1 Å². The SMILES string of the molecule is COCc1cc(NN)c2ccc(C)c(Br)c2n1.